The number of aromatic nitrogens is 1. The van der Waals surface area contributed by atoms with E-state index in [0.29, 0.717) is 11.4 Å². The van der Waals surface area contributed by atoms with Crippen molar-refractivity contribution in [3.05, 3.63) is 46.9 Å². The molecular formula is C22H31N5O. The van der Waals surface area contributed by atoms with Gasteiger partial charge in [-0.05, 0) is 65.8 Å². The maximum Gasteiger partial charge on any atom is 0.251 e. The Bertz CT molecular complexity index is 803. The fourth-order valence-electron chi connectivity index (χ4n) is 3.63. The number of hydrogen-bond donors (Lipinski definition) is 2. The number of pyridine rings is 1. The molecule has 150 valence electrons. The van der Waals surface area contributed by atoms with Crippen molar-refractivity contribution in [3.63, 3.8) is 0 Å². The summed E-state index contributed by atoms with van der Waals surface area (Å²) < 4.78 is 0. The van der Waals surface area contributed by atoms with Gasteiger partial charge in [0.2, 0.25) is 0 Å². The summed E-state index contributed by atoms with van der Waals surface area (Å²) in [6.45, 7) is 13.4. The second-order valence-electron chi connectivity index (χ2n) is 8.29. The highest BCUT2D eigenvalue weighted by Gasteiger charge is 2.38. The van der Waals surface area contributed by atoms with E-state index in [0.717, 1.165) is 49.3 Å². The second-order valence-corrected chi connectivity index (χ2v) is 8.29. The molecule has 1 amide bonds. The van der Waals surface area contributed by atoms with E-state index in [1.807, 2.05) is 39.0 Å². The molecule has 6 heteroatoms. The highest BCUT2D eigenvalue weighted by atomic mass is 16.1. The molecule has 1 atom stereocenters. The van der Waals surface area contributed by atoms with Crippen LogP contribution in [-0.2, 0) is 4.79 Å². The van der Waals surface area contributed by atoms with Crippen LogP contribution in [0.2, 0.25) is 0 Å². The van der Waals surface area contributed by atoms with Crippen molar-refractivity contribution in [3.8, 4) is 0 Å². The normalized spacial score (nSPS) is 20.9. The Morgan fingerprint density at radius 3 is 2.64 bits per heavy atom. The summed E-state index contributed by atoms with van der Waals surface area (Å²) in [5.74, 6) is 1.61. The number of aliphatic imine (C=N–C) groups is 1. The van der Waals surface area contributed by atoms with Gasteiger partial charge in [-0.1, -0.05) is 11.6 Å². The number of rotatable bonds is 7. The predicted octanol–water partition coefficient (Wildman–Crippen LogP) is 3.19. The van der Waals surface area contributed by atoms with Crippen molar-refractivity contribution < 1.29 is 4.79 Å². The van der Waals surface area contributed by atoms with Crippen molar-refractivity contribution in [2.75, 3.05) is 18.0 Å². The van der Waals surface area contributed by atoms with Crippen molar-refractivity contribution in [2.24, 2.45) is 4.99 Å². The number of amides is 1. The third kappa shape index (κ3) is 4.61. The number of carbonyl (C=O) groups is 1. The Morgan fingerprint density at radius 1 is 1.32 bits per heavy atom. The number of hydrogen-bond acceptors (Lipinski definition) is 5. The van der Waals surface area contributed by atoms with Crippen LogP contribution in [0, 0.1) is 0 Å². The van der Waals surface area contributed by atoms with Crippen molar-refractivity contribution >= 4 is 18.4 Å². The average Bonchev–Trinajstić information content (AvgIpc) is 3.21. The van der Waals surface area contributed by atoms with Crippen LogP contribution in [0.3, 0.4) is 0 Å². The first-order chi connectivity index (χ1) is 13.3. The molecule has 1 saturated heterocycles. The molecule has 3 rings (SSSR count). The fourth-order valence-corrected chi connectivity index (χ4v) is 3.63. The Labute approximate surface area is 167 Å². The molecule has 2 fully saturated rings. The zero-order valence-corrected chi connectivity index (χ0v) is 17.4. The molecule has 0 radical (unpaired) electrons. The zero-order chi connectivity index (χ0) is 20.3. The third-order valence-electron chi connectivity index (χ3n) is 5.53. The molecule has 1 aliphatic heterocycles. The van der Waals surface area contributed by atoms with E-state index in [4.69, 9.17) is 0 Å². The number of allylic oxidation sites excluding steroid dienone is 1. The Hall–Kier alpha value is -2.63. The molecule has 2 aliphatic rings. The molecule has 1 aliphatic carbocycles. The summed E-state index contributed by atoms with van der Waals surface area (Å²) in [5.41, 5.74) is 2.59. The lowest BCUT2D eigenvalue weighted by atomic mass is 10.0. The van der Waals surface area contributed by atoms with Crippen molar-refractivity contribution in [2.45, 2.75) is 58.5 Å². The highest BCUT2D eigenvalue weighted by Crippen LogP contribution is 2.36. The van der Waals surface area contributed by atoms with Crippen molar-refractivity contribution in [1.82, 2.24) is 15.6 Å². The maximum atomic E-state index is 13.1. The third-order valence-corrected chi connectivity index (χ3v) is 5.53. The summed E-state index contributed by atoms with van der Waals surface area (Å²) in [6.07, 6.45) is 4.93. The van der Waals surface area contributed by atoms with E-state index in [9.17, 15) is 4.79 Å². The molecule has 0 aromatic carbocycles. The molecule has 2 N–H and O–H groups in total. The van der Waals surface area contributed by atoms with Gasteiger partial charge in [0.25, 0.3) is 5.91 Å². The zero-order valence-electron chi connectivity index (χ0n) is 17.4. The molecule has 1 saturated carbocycles. The minimum absolute atomic E-state index is 0.0470. The topological polar surface area (TPSA) is 69.6 Å². The first kappa shape index (κ1) is 20.1. The van der Waals surface area contributed by atoms with Gasteiger partial charge in [0.15, 0.2) is 0 Å². The second kappa shape index (κ2) is 8.17. The van der Waals surface area contributed by atoms with Crippen LogP contribution < -0.4 is 15.5 Å². The molecule has 1 aromatic rings. The van der Waals surface area contributed by atoms with Gasteiger partial charge in [0, 0.05) is 42.0 Å². The fraction of sp³-hybridized carbons (Fsp3) is 0.500. The summed E-state index contributed by atoms with van der Waals surface area (Å²) in [6, 6.07) is 6.01. The minimum Gasteiger partial charge on any atom is -0.365 e. The van der Waals surface area contributed by atoms with Gasteiger partial charge in [-0.3, -0.25) is 4.79 Å². The molecular weight excluding hydrogens is 350 g/mol. The van der Waals surface area contributed by atoms with E-state index >= 15 is 0 Å². The van der Waals surface area contributed by atoms with E-state index in [1.54, 1.807) is 6.20 Å². The van der Waals surface area contributed by atoms with E-state index in [2.05, 4.69) is 39.2 Å². The Morgan fingerprint density at radius 2 is 2.07 bits per heavy atom. The van der Waals surface area contributed by atoms with Gasteiger partial charge < -0.3 is 15.5 Å². The molecule has 1 aromatic heterocycles. The van der Waals surface area contributed by atoms with Gasteiger partial charge >= 0.3 is 0 Å². The Kier molecular flexibility index (Phi) is 5.87. The lowest BCUT2D eigenvalue weighted by Crippen LogP contribution is -2.39. The van der Waals surface area contributed by atoms with E-state index < -0.39 is 0 Å². The standard InChI is InChI=1S/C22H31N5O/c1-15(2)19(16(3)20(23-5)26-22(4)10-11-22)21(28)25-17-9-13-27(14-17)18-8-6-7-12-24-18/h6-8,12,17,26H,5,9-11,13-14H2,1-4H3,(H,25,28)/b20-16-. The number of nitrogens with zero attached hydrogens (tertiary/aromatic N) is 3. The molecule has 28 heavy (non-hydrogen) atoms. The summed E-state index contributed by atoms with van der Waals surface area (Å²) >= 11 is 0. The van der Waals surface area contributed by atoms with Crippen LogP contribution >= 0.6 is 0 Å². The maximum absolute atomic E-state index is 13.1. The smallest absolute Gasteiger partial charge is 0.251 e. The first-order valence-electron chi connectivity index (χ1n) is 9.93. The van der Waals surface area contributed by atoms with E-state index in [-0.39, 0.29) is 17.5 Å². The average molecular weight is 382 g/mol. The number of nitrogens with one attached hydrogen (secondary N) is 2. The molecule has 6 nitrogen and oxygen atoms in total. The summed E-state index contributed by atoms with van der Waals surface area (Å²) in [5, 5.41) is 6.66. The SMILES string of the molecule is C=N/C(NC1(C)CC1)=C(\C)C(C(=O)NC1CCN(c2ccccn2)C1)=C(C)C. The van der Waals surface area contributed by atoms with E-state index in [1.165, 1.54) is 0 Å². The first-order valence-corrected chi connectivity index (χ1v) is 9.93. The van der Waals surface area contributed by atoms with Crippen LogP contribution in [0.1, 0.15) is 47.0 Å². The Balaban J connectivity index is 1.70. The van der Waals surface area contributed by atoms with Gasteiger partial charge in [0.1, 0.15) is 11.6 Å². The minimum atomic E-state index is -0.0470. The molecule has 0 spiro atoms. The molecule has 0 bridgehead atoms. The molecule has 1 unspecified atom stereocenters. The van der Waals surface area contributed by atoms with Crippen LogP contribution in [0.4, 0.5) is 5.82 Å². The lowest BCUT2D eigenvalue weighted by molar-refractivity contribution is -0.117. The number of carbonyl (C=O) groups excluding carboxylic acids is 1. The summed E-state index contributed by atoms with van der Waals surface area (Å²) in [4.78, 5) is 23.9. The van der Waals surface area contributed by atoms with Crippen LogP contribution in [0.5, 0.6) is 0 Å². The largest absolute Gasteiger partial charge is 0.365 e. The van der Waals surface area contributed by atoms with Gasteiger partial charge in [-0.25, -0.2) is 9.98 Å². The van der Waals surface area contributed by atoms with Crippen LogP contribution in [0.15, 0.2) is 51.9 Å². The van der Waals surface area contributed by atoms with Gasteiger partial charge in [-0.15, -0.1) is 0 Å². The predicted molar refractivity (Wildman–Crippen MR) is 114 cm³/mol. The quantitative estimate of drug-likeness (QED) is 0.432. The van der Waals surface area contributed by atoms with Gasteiger partial charge in [-0.2, -0.15) is 0 Å². The lowest BCUT2D eigenvalue weighted by Gasteiger charge is -2.21. The molecule has 2 heterocycles. The highest BCUT2D eigenvalue weighted by molar-refractivity contribution is 5.98. The monoisotopic (exact) mass is 381 g/mol. The summed E-state index contributed by atoms with van der Waals surface area (Å²) in [7, 11) is 0. The van der Waals surface area contributed by atoms with Crippen LogP contribution in [0.25, 0.3) is 0 Å². The van der Waals surface area contributed by atoms with Gasteiger partial charge in [0.05, 0.1) is 0 Å². The number of anilines is 1. The van der Waals surface area contributed by atoms with Crippen LogP contribution in [-0.4, -0.2) is 42.3 Å². The van der Waals surface area contributed by atoms with Crippen molar-refractivity contribution in [1.29, 1.82) is 0 Å².